The number of hydrogen-bond donors (Lipinski definition) is 0. The molecule has 0 fully saturated rings. The Kier molecular flexibility index (Phi) is 4.40. The minimum Gasteiger partial charge on any atom is -0.339 e. The zero-order valence-electron chi connectivity index (χ0n) is 14.9. The molecular weight excluding hydrogens is 318 g/mol. The number of aromatic nitrogens is 1. The summed E-state index contributed by atoms with van der Waals surface area (Å²) >= 11 is 0. The number of hydrogen-bond acceptors (Lipinski definition) is 1. The highest BCUT2D eigenvalue weighted by Gasteiger charge is 2.17. The van der Waals surface area contributed by atoms with Gasteiger partial charge in [-0.2, -0.15) is 0 Å². The third-order valence-electron chi connectivity index (χ3n) is 4.96. The highest BCUT2D eigenvalue weighted by atomic mass is 16.1. The first kappa shape index (κ1) is 16.3. The van der Waals surface area contributed by atoms with E-state index in [1.165, 1.54) is 22.0 Å². The van der Waals surface area contributed by atoms with Crippen LogP contribution in [-0.2, 0) is 13.0 Å². The molecular formula is C24H21NO. The van der Waals surface area contributed by atoms with Gasteiger partial charge in [0.05, 0.1) is 6.42 Å². The number of Topliss-reactive ketones (excluding diaryl/α,β-unsaturated/α-hetero) is 1. The number of aryl methyl sites for hydroxylation is 1. The number of nitrogens with zero attached hydrogens (tertiary/aromatic N) is 1. The zero-order chi connectivity index (χ0) is 17.9. The molecule has 0 saturated heterocycles. The molecule has 2 nitrogen and oxygen atoms in total. The van der Waals surface area contributed by atoms with Gasteiger partial charge in [-0.15, -0.1) is 0 Å². The quantitative estimate of drug-likeness (QED) is 0.445. The minimum absolute atomic E-state index is 0.158. The largest absolute Gasteiger partial charge is 0.339 e. The summed E-state index contributed by atoms with van der Waals surface area (Å²) in [5.74, 6) is 0.158. The predicted octanol–water partition coefficient (Wildman–Crippen LogP) is 5.42. The maximum atomic E-state index is 12.8. The van der Waals surface area contributed by atoms with Gasteiger partial charge in [-0.1, -0.05) is 78.9 Å². The van der Waals surface area contributed by atoms with Gasteiger partial charge < -0.3 is 4.57 Å². The van der Waals surface area contributed by atoms with Crippen molar-refractivity contribution in [3.8, 4) is 0 Å². The average molecular weight is 339 g/mol. The maximum Gasteiger partial charge on any atom is 0.168 e. The number of para-hydroxylation sites is 1. The van der Waals surface area contributed by atoms with Crippen molar-refractivity contribution in [2.24, 2.45) is 0 Å². The van der Waals surface area contributed by atoms with Gasteiger partial charge in [-0.3, -0.25) is 4.79 Å². The Hall–Kier alpha value is -3.13. The monoisotopic (exact) mass is 339 g/mol. The van der Waals surface area contributed by atoms with Gasteiger partial charge in [0.2, 0.25) is 0 Å². The predicted molar refractivity (Wildman–Crippen MR) is 107 cm³/mol. The van der Waals surface area contributed by atoms with Crippen LogP contribution in [0.5, 0.6) is 0 Å². The third-order valence-corrected chi connectivity index (χ3v) is 4.96. The second kappa shape index (κ2) is 7.01. The van der Waals surface area contributed by atoms with Crippen LogP contribution >= 0.6 is 0 Å². The Bertz CT molecular complexity index is 1050. The minimum atomic E-state index is 0.158. The molecule has 4 rings (SSSR count). The van der Waals surface area contributed by atoms with Crippen molar-refractivity contribution in [2.45, 2.75) is 19.9 Å². The Morgan fingerprint density at radius 1 is 0.808 bits per heavy atom. The maximum absolute atomic E-state index is 12.8. The van der Waals surface area contributed by atoms with Crippen molar-refractivity contribution in [2.75, 3.05) is 0 Å². The summed E-state index contributed by atoms with van der Waals surface area (Å²) in [7, 11) is 0. The summed E-state index contributed by atoms with van der Waals surface area (Å²) in [6.45, 7) is 2.89. The summed E-state index contributed by atoms with van der Waals surface area (Å²) in [6, 6.07) is 28.4. The first-order chi connectivity index (χ1) is 12.7. The van der Waals surface area contributed by atoms with Gasteiger partial charge in [0.25, 0.3) is 0 Å². The Morgan fingerprint density at radius 3 is 2.15 bits per heavy atom. The van der Waals surface area contributed by atoms with E-state index < -0.39 is 0 Å². The smallest absolute Gasteiger partial charge is 0.168 e. The zero-order valence-corrected chi connectivity index (χ0v) is 14.9. The molecule has 0 N–H and O–H groups in total. The molecule has 0 aliphatic rings. The van der Waals surface area contributed by atoms with Crippen molar-refractivity contribution in [3.63, 3.8) is 0 Å². The highest BCUT2D eigenvalue weighted by molar-refractivity contribution is 5.98. The van der Waals surface area contributed by atoms with E-state index in [1.54, 1.807) is 0 Å². The van der Waals surface area contributed by atoms with Gasteiger partial charge in [-0.05, 0) is 24.1 Å². The summed E-state index contributed by atoms with van der Waals surface area (Å²) in [4.78, 5) is 12.8. The molecule has 26 heavy (non-hydrogen) atoms. The van der Waals surface area contributed by atoms with E-state index in [0.29, 0.717) is 6.42 Å². The summed E-state index contributed by atoms with van der Waals surface area (Å²) in [5, 5.41) is 1.22. The van der Waals surface area contributed by atoms with E-state index >= 15 is 0 Å². The van der Waals surface area contributed by atoms with Crippen molar-refractivity contribution in [1.29, 1.82) is 0 Å². The first-order valence-corrected chi connectivity index (χ1v) is 8.93. The third kappa shape index (κ3) is 3.06. The molecule has 0 aliphatic heterocycles. The van der Waals surface area contributed by atoms with Crippen LogP contribution in [0, 0.1) is 6.92 Å². The van der Waals surface area contributed by atoms with Crippen LogP contribution in [0.4, 0.5) is 0 Å². The number of carbonyl (C=O) groups excluding carboxylic acids is 1. The SMILES string of the molecule is Cc1c(CC(=O)c2ccccc2)n(Cc2ccccc2)c2ccccc12. The van der Waals surface area contributed by atoms with E-state index in [1.807, 2.05) is 36.4 Å². The van der Waals surface area contributed by atoms with Crippen molar-refractivity contribution in [3.05, 3.63) is 107 Å². The second-order valence-electron chi connectivity index (χ2n) is 6.63. The van der Waals surface area contributed by atoms with Crippen molar-refractivity contribution in [1.82, 2.24) is 4.57 Å². The van der Waals surface area contributed by atoms with E-state index in [2.05, 4.69) is 60.0 Å². The first-order valence-electron chi connectivity index (χ1n) is 8.93. The van der Waals surface area contributed by atoms with E-state index in [4.69, 9.17) is 0 Å². The second-order valence-corrected chi connectivity index (χ2v) is 6.63. The van der Waals surface area contributed by atoms with Crippen LogP contribution in [0.1, 0.15) is 27.2 Å². The lowest BCUT2D eigenvalue weighted by Gasteiger charge is -2.12. The average Bonchev–Trinajstić information content (AvgIpc) is 2.95. The molecule has 128 valence electrons. The van der Waals surface area contributed by atoms with Gasteiger partial charge in [0.1, 0.15) is 0 Å². The highest BCUT2D eigenvalue weighted by Crippen LogP contribution is 2.27. The molecule has 1 heterocycles. The molecule has 0 atom stereocenters. The van der Waals surface area contributed by atoms with Crippen LogP contribution in [0.3, 0.4) is 0 Å². The van der Waals surface area contributed by atoms with Crippen LogP contribution in [0.25, 0.3) is 10.9 Å². The molecule has 0 amide bonds. The molecule has 0 aliphatic carbocycles. The van der Waals surface area contributed by atoms with E-state index in [0.717, 1.165) is 17.8 Å². The number of benzene rings is 3. The van der Waals surface area contributed by atoms with Crippen molar-refractivity contribution < 1.29 is 4.79 Å². The van der Waals surface area contributed by atoms with E-state index in [9.17, 15) is 4.79 Å². The van der Waals surface area contributed by atoms with Crippen LogP contribution in [0.15, 0.2) is 84.9 Å². The fourth-order valence-electron chi connectivity index (χ4n) is 3.58. The van der Waals surface area contributed by atoms with Crippen molar-refractivity contribution >= 4 is 16.7 Å². The molecule has 0 bridgehead atoms. The lowest BCUT2D eigenvalue weighted by Crippen LogP contribution is -2.11. The molecule has 0 saturated carbocycles. The lowest BCUT2D eigenvalue weighted by molar-refractivity contribution is 0.0991. The molecule has 3 aromatic carbocycles. The molecule has 0 unspecified atom stereocenters. The van der Waals surface area contributed by atoms with Gasteiger partial charge in [0, 0.05) is 28.7 Å². The standard InChI is InChI=1S/C24H21NO/c1-18-21-14-8-9-15-22(21)25(17-19-10-4-2-5-11-19)23(18)16-24(26)20-12-6-3-7-13-20/h2-15H,16-17H2,1H3. The van der Waals surface area contributed by atoms with Crippen LogP contribution in [0.2, 0.25) is 0 Å². The fraction of sp³-hybridized carbons (Fsp3) is 0.125. The van der Waals surface area contributed by atoms with Gasteiger partial charge >= 0.3 is 0 Å². The van der Waals surface area contributed by atoms with Gasteiger partial charge in [-0.25, -0.2) is 0 Å². The molecule has 4 aromatic rings. The summed E-state index contributed by atoms with van der Waals surface area (Å²) in [6.07, 6.45) is 0.414. The number of rotatable bonds is 5. The van der Waals surface area contributed by atoms with Gasteiger partial charge in [0.15, 0.2) is 5.78 Å². The molecule has 0 spiro atoms. The Labute approximate surface area is 153 Å². The number of fused-ring (bicyclic) bond motifs is 1. The normalized spacial score (nSPS) is 11.0. The van der Waals surface area contributed by atoms with Crippen LogP contribution < -0.4 is 0 Å². The lowest BCUT2D eigenvalue weighted by atomic mass is 10.0. The number of ketones is 1. The van der Waals surface area contributed by atoms with E-state index in [-0.39, 0.29) is 5.78 Å². The Morgan fingerprint density at radius 2 is 1.42 bits per heavy atom. The molecule has 2 heteroatoms. The Balaban J connectivity index is 1.79. The molecule has 1 aromatic heterocycles. The fourth-order valence-corrected chi connectivity index (χ4v) is 3.58. The molecule has 0 radical (unpaired) electrons. The number of carbonyl (C=O) groups is 1. The summed E-state index contributed by atoms with van der Waals surface area (Å²) < 4.78 is 2.29. The topological polar surface area (TPSA) is 22.0 Å². The van der Waals surface area contributed by atoms with Crippen LogP contribution in [-0.4, -0.2) is 10.4 Å². The summed E-state index contributed by atoms with van der Waals surface area (Å²) in [5.41, 5.74) is 5.49.